The number of benzene rings is 1. The van der Waals surface area contributed by atoms with E-state index < -0.39 is 8.60 Å². The lowest BCUT2D eigenvalue weighted by atomic mass is 9.63. The maximum Gasteiger partial charge on any atom is 0.391 e. The topological polar surface area (TPSA) is 92.8 Å². The molecule has 0 fully saturated rings. The Morgan fingerprint density at radius 2 is 1.85 bits per heavy atom. The van der Waals surface area contributed by atoms with Crippen LogP contribution in [0, 0.1) is 0 Å². The van der Waals surface area contributed by atoms with E-state index in [2.05, 4.69) is 13.8 Å². The molecule has 2 unspecified atom stereocenters. The van der Waals surface area contributed by atoms with E-state index in [0.717, 1.165) is 24.0 Å². The molecule has 0 radical (unpaired) electrons. The zero-order chi connectivity index (χ0) is 14.6. The van der Waals surface area contributed by atoms with Crippen LogP contribution in [-0.2, 0) is 12.8 Å². The first-order valence-electron chi connectivity index (χ1n) is 6.76. The summed E-state index contributed by atoms with van der Waals surface area (Å²) >= 11 is 0. The number of rotatable bonds is 4. The molecule has 2 aliphatic rings. The highest BCUT2D eigenvalue weighted by molar-refractivity contribution is 7.39. The number of ketones is 1. The monoisotopic (exact) mass is 295 g/mol. The van der Waals surface area contributed by atoms with E-state index >= 15 is 0 Å². The third kappa shape index (κ3) is 1.81. The Kier molecular flexibility index (Phi) is 3.33. The van der Waals surface area contributed by atoms with Gasteiger partial charge in [-0.15, -0.1) is 0 Å². The summed E-state index contributed by atoms with van der Waals surface area (Å²) in [5.41, 5.74) is 10.4. The molecule has 0 saturated carbocycles. The first-order valence-corrected chi connectivity index (χ1v) is 7.92. The van der Waals surface area contributed by atoms with Crippen molar-refractivity contribution in [3.63, 3.8) is 0 Å². The number of carbonyl (C=O) groups excluding carboxylic acids is 1. The molecule has 2 atom stereocenters. The fraction of sp³-hybridized carbons (Fsp3) is 0.500. The van der Waals surface area contributed by atoms with Crippen molar-refractivity contribution in [3.05, 3.63) is 27.8 Å². The SMILES string of the molecule is CC1Cc2c(C(=O)CN)c(OP(O)O)c3c(c21)CC3C. The van der Waals surface area contributed by atoms with E-state index in [-0.39, 0.29) is 18.2 Å². The van der Waals surface area contributed by atoms with Crippen molar-refractivity contribution in [3.8, 4) is 5.75 Å². The second-order valence-electron chi connectivity index (χ2n) is 5.67. The molecule has 2 aliphatic carbocycles. The van der Waals surface area contributed by atoms with Gasteiger partial charge in [-0.05, 0) is 41.4 Å². The molecule has 6 heteroatoms. The van der Waals surface area contributed by atoms with Crippen LogP contribution >= 0.6 is 8.60 Å². The quantitative estimate of drug-likeness (QED) is 0.581. The normalized spacial score (nSPS) is 22.7. The van der Waals surface area contributed by atoms with Crippen LogP contribution in [0.2, 0.25) is 0 Å². The van der Waals surface area contributed by atoms with E-state index in [1.807, 2.05) is 0 Å². The third-order valence-corrected chi connectivity index (χ3v) is 4.74. The summed E-state index contributed by atoms with van der Waals surface area (Å²) in [5, 5.41) is 0. The second-order valence-corrected chi connectivity index (χ2v) is 6.36. The minimum absolute atomic E-state index is 0.0981. The van der Waals surface area contributed by atoms with Crippen molar-refractivity contribution in [2.45, 2.75) is 38.5 Å². The second kappa shape index (κ2) is 4.78. The molecule has 0 amide bonds. The predicted octanol–water partition coefficient (Wildman–Crippen LogP) is 1.74. The van der Waals surface area contributed by atoms with Crippen molar-refractivity contribution in [2.75, 3.05) is 6.54 Å². The van der Waals surface area contributed by atoms with Gasteiger partial charge in [0, 0.05) is 5.56 Å². The predicted molar refractivity (Wildman–Crippen MR) is 76.1 cm³/mol. The molecule has 0 aliphatic heterocycles. The molecule has 5 nitrogen and oxygen atoms in total. The average Bonchev–Trinajstić information content (AvgIpc) is 2.35. The minimum Gasteiger partial charge on any atom is -0.426 e. The molecule has 4 N–H and O–H groups in total. The van der Waals surface area contributed by atoms with Crippen LogP contribution in [0.1, 0.15) is 58.3 Å². The Morgan fingerprint density at radius 3 is 2.35 bits per heavy atom. The number of fused-ring (bicyclic) bond motifs is 3. The maximum atomic E-state index is 12.2. The van der Waals surface area contributed by atoms with Crippen molar-refractivity contribution < 1.29 is 19.1 Å². The fourth-order valence-corrected chi connectivity index (χ4v) is 3.90. The van der Waals surface area contributed by atoms with Gasteiger partial charge in [0.1, 0.15) is 5.75 Å². The number of nitrogens with two attached hydrogens (primary N) is 1. The van der Waals surface area contributed by atoms with E-state index in [1.54, 1.807) is 0 Å². The molecule has 1 aromatic rings. The molecule has 0 bridgehead atoms. The van der Waals surface area contributed by atoms with Gasteiger partial charge < -0.3 is 20.0 Å². The van der Waals surface area contributed by atoms with Crippen LogP contribution < -0.4 is 10.3 Å². The summed E-state index contributed by atoms with van der Waals surface area (Å²) in [7, 11) is -2.54. The van der Waals surface area contributed by atoms with E-state index in [1.165, 1.54) is 11.1 Å². The van der Waals surface area contributed by atoms with Gasteiger partial charge in [-0.2, -0.15) is 0 Å². The van der Waals surface area contributed by atoms with Crippen LogP contribution in [0.3, 0.4) is 0 Å². The Labute approximate surface area is 118 Å². The molecular formula is C14H18NO4P. The molecular weight excluding hydrogens is 277 g/mol. The highest BCUT2D eigenvalue weighted by Gasteiger charge is 2.41. The van der Waals surface area contributed by atoms with Gasteiger partial charge in [0.15, 0.2) is 5.78 Å². The molecule has 0 heterocycles. The summed E-state index contributed by atoms with van der Waals surface area (Å²) in [6.07, 6.45) is 1.79. The van der Waals surface area contributed by atoms with Gasteiger partial charge in [-0.3, -0.25) is 4.79 Å². The molecule has 0 saturated heterocycles. The lowest BCUT2D eigenvalue weighted by Crippen LogP contribution is -2.31. The summed E-state index contributed by atoms with van der Waals surface area (Å²) in [4.78, 5) is 30.6. The average molecular weight is 295 g/mol. The number of carbonyl (C=O) groups is 1. The summed E-state index contributed by atoms with van der Waals surface area (Å²) in [6, 6.07) is 0. The fourth-order valence-electron chi connectivity index (χ4n) is 3.55. The van der Waals surface area contributed by atoms with Crippen LogP contribution in [-0.4, -0.2) is 22.1 Å². The van der Waals surface area contributed by atoms with Crippen molar-refractivity contribution in [2.24, 2.45) is 5.73 Å². The molecule has 3 rings (SSSR count). The Balaban J connectivity index is 2.23. The lowest BCUT2D eigenvalue weighted by Gasteiger charge is -2.41. The summed E-state index contributed by atoms with van der Waals surface area (Å²) in [5.74, 6) is 0.893. The Morgan fingerprint density at radius 1 is 1.25 bits per heavy atom. The maximum absolute atomic E-state index is 12.2. The first kappa shape index (κ1) is 14.0. The van der Waals surface area contributed by atoms with Crippen LogP contribution in [0.15, 0.2) is 0 Å². The standard InChI is InChI=1S/C14H18NO4P/c1-6-3-9-11(6)8-4-7(2)12(8)14(19-20(17)18)13(9)10(16)5-15/h6-7,17-18H,3-5,15H2,1-2H3. The van der Waals surface area contributed by atoms with E-state index in [9.17, 15) is 14.6 Å². The van der Waals surface area contributed by atoms with Crippen LogP contribution in [0.25, 0.3) is 0 Å². The summed E-state index contributed by atoms with van der Waals surface area (Å²) < 4.78 is 5.21. The van der Waals surface area contributed by atoms with Gasteiger partial charge >= 0.3 is 8.60 Å². The van der Waals surface area contributed by atoms with Crippen molar-refractivity contribution in [1.82, 2.24) is 0 Å². The van der Waals surface area contributed by atoms with Crippen molar-refractivity contribution >= 4 is 14.4 Å². The van der Waals surface area contributed by atoms with E-state index in [4.69, 9.17) is 10.3 Å². The van der Waals surface area contributed by atoms with Gasteiger partial charge in [-0.25, -0.2) is 0 Å². The van der Waals surface area contributed by atoms with E-state index in [0.29, 0.717) is 17.2 Å². The zero-order valence-corrected chi connectivity index (χ0v) is 12.4. The largest absolute Gasteiger partial charge is 0.426 e. The van der Waals surface area contributed by atoms with Gasteiger partial charge in [0.05, 0.1) is 12.1 Å². The zero-order valence-electron chi connectivity index (χ0n) is 11.5. The third-order valence-electron chi connectivity index (χ3n) is 4.39. The molecule has 20 heavy (non-hydrogen) atoms. The van der Waals surface area contributed by atoms with Gasteiger partial charge in [-0.1, -0.05) is 13.8 Å². The number of Topliss-reactive ketones (excluding diaryl/α,β-unsaturated/α-hetero) is 1. The lowest BCUT2D eigenvalue weighted by molar-refractivity contribution is 0.0997. The Hall–Kier alpha value is -1.00. The van der Waals surface area contributed by atoms with Crippen LogP contribution in [0.5, 0.6) is 5.75 Å². The Bertz CT molecular complexity index is 600. The minimum atomic E-state index is -2.54. The smallest absolute Gasteiger partial charge is 0.391 e. The van der Waals surface area contributed by atoms with Crippen molar-refractivity contribution in [1.29, 1.82) is 0 Å². The molecule has 0 aromatic heterocycles. The molecule has 0 spiro atoms. The highest BCUT2D eigenvalue weighted by atomic mass is 31.2. The first-order chi connectivity index (χ1) is 9.45. The van der Waals surface area contributed by atoms with Gasteiger partial charge in [0.25, 0.3) is 0 Å². The molecule has 1 aromatic carbocycles. The number of hydrogen-bond acceptors (Lipinski definition) is 5. The van der Waals surface area contributed by atoms with Gasteiger partial charge in [0.2, 0.25) is 0 Å². The van der Waals surface area contributed by atoms with Crippen LogP contribution in [0.4, 0.5) is 0 Å². The molecule has 108 valence electrons. The highest BCUT2D eigenvalue weighted by Crippen LogP contribution is 2.55. The summed E-state index contributed by atoms with van der Waals surface area (Å²) in [6.45, 7) is 4.10. The number of hydrogen-bond donors (Lipinski definition) is 3.